The Morgan fingerprint density at radius 3 is 2.76 bits per heavy atom. The molecule has 0 radical (unpaired) electrons. The Morgan fingerprint density at radius 1 is 1.52 bits per heavy atom. The number of benzene rings is 1. The van der Waals surface area contributed by atoms with Crippen LogP contribution in [0.15, 0.2) is 18.2 Å². The van der Waals surface area contributed by atoms with Crippen molar-refractivity contribution in [1.29, 1.82) is 0 Å². The molecule has 0 amide bonds. The number of carbonyl (C=O) groups is 1. The van der Waals surface area contributed by atoms with Crippen LogP contribution in [0.4, 0.5) is 15.9 Å². The van der Waals surface area contributed by atoms with E-state index in [-0.39, 0.29) is 28.7 Å². The molecule has 0 aliphatic rings. The van der Waals surface area contributed by atoms with Crippen molar-refractivity contribution in [2.24, 2.45) is 0 Å². The molecule has 110 valence electrons. The van der Waals surface area contributed by atoms with Crippen LogP contribution < -0.4 is 5.73 Å². The first kappa shape index (κ1) is 14.4. The first-order chi connectivity index (χ1) is 9.86. The second-order valence-electron chi connectivity index (χ2n) is 4.11. The fourth-order valence-electron chi connectivity index (χ4n) is 1.89. The number of aromatic nitrogens is 2. The standard InChI is InChI=1S/C12H11FN4O4/c1-6-15-10(12(18)21-2)11(14)16(6)9-5-7(17(19)20)3-4-8(9)13/h3-5H,14H2,1-2H3. The highest BCUT2D eigenvalue weighted by Gasteiger charge is 2.23. The Morgan fingerprint density at radius 2 is 2.19 bits per heavy atom. The molecule has 21 heavy (non-hydrogen) atoms. The third-order valence-corrected chi connectivity index (χ3v) is 2.84. The first-order valence-corrected chi connectivity index (χ1v) is 5.74. The number of aryl methyl sites for hydroxylation is 1. The minimum absolute atomic E-state index is 0.154. The molecule has 0 bridgehead atoms. The highest BCUT2D eigenvalue weighted by molar-refractivity contribution is 5.92. The van der Waals surface area contributed by atoms with Crippen LogP contribution >= 0.6 is 0 Å². The molecular formula is C12H11FN4O4. The van der Waals surface area contributed by atoms with Crippen LogP contribution in [0, 0.1) is 22.9 Å². The molecule has 2 rings (SSSR count). The van der Waals surface area contributed by atoms with Crippen molar-refractivity contribution in [2.45, 2.75) is 6.92 Å². The molecule has 2 aromatic rings. The second-order valence-corrected chi connectivity index (χ2v) is 4.11. The Hall–Kier alpha value is -2.97. The van der Waals surface area contributed by atoms with Gasteiger partial charge in [0.15, 0.2) is 5.69 Å². The summed E-state index contributed by atoms with van der Waals surface area (Å²) in [5.74, 6) is -1.46. The molecule has 0 saturated heterocycles. The average molecular weight is 294 g/mol. The number of nitro groups is 1. The molecule has 0 atom stereocenters. The van der Waals surface area contributed by atoms with Crippen molar-refractivity contribution in [3.63, 3.8) is 0 Å². The lowest BCUT2D eigenvalue weighted by Gasteiger charge is -2.08. The summed E-state index contributed by atoms with van der Waals surface area (Å²) in [6.07, 6.45) is 0. The summed E-state index contributed by atoms with van der Waals surface area (Å²) in [6.45, 7) is 1.49. The van der Waals surface area contributed by atoms with E-state index in [1.807, 2.05) is 0 Å². The topological polar surface area (TPSA) is 113 Å². The van der Waals surface area contributed by atoms with Crippen molar-refractivity contribution in [3.8, 4) is 5.69 Å². The second kappa shape index (κ2) is 5.19. The normalized spacial score (nSPS) is 10.4. The summed E-state index contributed by atoms with van der Waals surface area (Å²) in [6, 6.07) is 2.99. The lowest BCUT2D eigenvalue weighted by Crippen LogP contribution is -2.09. The Balaban J connectivity index is 2.67. The van der Waals surface area contributed by atoms with Gasteiger partial charge >= 0.3 is 5.97 Å². The van der Waals surface area contributed by atoms with Gasteiger partial charge in [0.25, 0.3) is 5.69 Å². The van der Waals surface area contributed by atoms with E-state index in [4.69, 9.17) is 5.73 Å². The summed E-state index contributed by atoms with van der Waals surface area (Å²) >= 11 is 0. The summed E-state index contributed by atoms with van der Waals surface area (Å²) in [5, 5.41) is 10.8. The highest BCUT2D eigenvalue weighted by Crippen LogP contribution is 2.26. The van der Waals surface area contributed by atoms with Crippen molar-refractivity contribution in [2.75, 3.05) is 12.8 Å². The van der Waals surface area contributed by atoms with Crippen LogP contribution in [0.1, 0.15) is 16.3 Å². The molecule has 0 saturated carbocycles. The number of halogens is 1. The molecule has 0 unspecified atom stereocenters. The lowest BCUT2D eigenvalue weighted by molar-refractivity contribution is -0.384. The average Bonchev–Trinajstić information content (AvgIpc) is 2.74. The third-order valence-electron chi connectivity index (χ3n) is 2.84. The number of ether oxygens (including phenoxy) is 1. The maximum Gasteiger partial charge on any atom is 0.360 e. The van der Waals surface area contributed by atoms with E-state index in [1.165, 1.54) is 6.92 Å². The zero-order valence-corrected chi connectivity index (χ0v) is 11.2. The highest BCUT2D eigenvalue weighted by atomic mass is 19.1. The van der Waals surface area contributed by atoms with Crippen molar-refractivity contribution in [3.05, 3.63) is 45.6 Å². The molecular weight excluding hydrogens is 283 g/mol. The number of nitrogens with two attached hydrogens (primary N) is 1. The molecule has 1 aromatic carbocycles. The minimum Gasteiger partial charge on any atom is -0.464 e. The number of hydrogen-bond donors (Lipinski definition) is 1. The summed E-state index contributed by atoms with van der Waals surface area (Å²) in [5.41, 5.74) is 5.12. The molecule has 0 fully saturated rings. The zero-order valence-electron chi connectivity index (χ0n) is 11.2. The van der Waals surface area contributed by atoms with Gasteiger partial charge in [0.1, 0.15) is 17.5 Å². The van der Waals surface area contributed by atoms with Crippen LogP contribution in [0.3, 0.4) is 0 Å². The molecule has 1 aromatic heterocycles. The fourth-order valence-corrected chi connectivity index (χ4v) is 1.89. The minimum atomic E-state index is -0.778. The largest absolute Gasteiger partial charge is 0.464 e. The summed E-state index contributed by atoms with van der Waals surface area (Å²) < 4.78 is 19.6. The van der Waals surface area contributed by atoms with Crippen molar-refractivity contribution in [1.82, 2.24) is 9.55 Å². The van der Waals surface area contributed by atoms with E-state index in [9.17, 15) is 19.3 Å². The number of nitro benzene ring substituents is 1. The smallest absolute Gasteiger partial charge is 0.360 e. The summed E-state index contributed by atoms with van der Waals surface area (Å²) in [7, 11) is 1.16. The molecule has 1 heterocycles. The number of esters is 1. The number of imidazole rings is 1. The number of methoxy groups -OCH3 is 1. The SMILES string of the molecule is COC(=O)c1nc(C)n(-c2cc([N+](=O)[O-])ccc2F)c1N. The fraction of sp³-hybridized carbons (Fsp3) is 0.167. The van der Waals surface area contributed by atoms with Gasteiger partial charge in [-0.05, 0) is 13.0 Å². The number of hydrogen-bond acceptors (Lipinski definition) is 6. The van der Waals surface area contributed by atoms with Crippen LogP contribution in [0.5, 0.6) is 0 Å². The maximum absolute atomic E-state index is 13.9. The van der Waals surface area contributed by atoms with Gasteiger partial charge in [-0.1, -0.05) is 0 Å². The quantitative estimate of drug-likeness (QED) is 0.522. The molecule has 0 aliphatic carbocycles. The van der Waals surface area contributed by atoms with Gasteiger partial charge in [-0.2, -0.15) is 0 Å². The predicted molar refractivity (Wildman–Crippen MR) is 70.7 cm³/mol. The van der Waals surface area contributed by atoms with Gasteiger partial charge in [0.2, 0.25) is 0 Å². The summed E-state index contributed by atoms with van der Waals surface area (Å²) in [4.78, 5) is 25.5. The molecule has 0 aliphatic heterocycles. The lowest BCUT2D eigenvalue weighted by atomic mass is 10.2. The Bertz CT molecular complexity index is 741. The van der Waals surface area contributed by atoms with Crippen LogP contribution in [-0.4, -0.2) is 27.6 Å². The maximum atomic E-state index is 13.9. The number of nitrogen functional groups attached to an aromatic ring is 1. The monoisotopic (exact) mass is 294 g/mol. The predicted octanol–water partition coefficient (Wildman–Crippen LogP) is 1.60. The van der Waals surface area contributed by atoms with Gasteiger partial charge < -0.3 is 10.5 Å². The molecule has 0 spiro atoms. The third kappa shape index (κ3) is 2.40. The zero-order chi connectivity index (χ0) is 15.7. The van der Waals surface area contributed by atoms with Gasteiger partial charge in [-0.3, -0.25) is 14.7 Å². The van der Waals surface area contributed by atoms with E-state index in [2.05, 4.69) is 9.72 Å². The van der Waals surface area contributed by atoms with Gasteiger partial charge in [-0.15, -0.1) is 0 Å². The number of nitrogens with zero attached hydrogens (tertiary/aromatic N) is 3. The first-order valence-electron chi connectivity index (χ1n) is 5.74. The van der Waals surface area contributed by atoms with Crippen LogP contribution in [0.2, 0.25) is 0 Å². The Kier molecular flexibility index (Phi) is 3.57. The van der Waals surface area contributed by atoms with E-state index in [0.29, 0.717) is 0 Å². The number of carbonyl (C=O) groups excluding carboxylic acids is 1. The van der Waals surface area contributed by atoms with E-state index in [0.717, 1.165) is 29.9 Å². The molecule has 8 nitrogen and oxygen atoms in total. The van der Waals surface area contributed by atoms with E-state index < -0.39 is 16.7 Å². The van der Waals surface area contributed by atoms with Gasteiger partial charge in [-0.25, -0.2) is 14.2 Å². The van der Waals surface area contributed by atoms with Gasteiger partial charge in [0, 0.05) is 12.1 Å². The van der Waals surface area contributed by atoms with E-state index >= 15 is 0 Å². The number of rotatable bonds is 3. The van der Waals surface area contributed by atoms with Crippen molar-refractivity contribution >= 4 is 17.5 Å². The van der Waals surface area contributed by atoms with Crippen molar-refractivity contribution < 1.29 is 18.8 Å². The van der Waals surface area contributed by atoms with Crippen LogP contribution in [-0.2, 0) is 4.74 Å². The number of non-ortho nitro benzene ring substituents is 1. The van der Waals surface area contributed by atoms with Crippen LogP contribution in [0.25, 0.3) is 5.69 Å². The molecule has 2 N–H and O–H groups in total. The van der Waals surface area contributed by atoms with E-state index in [1.54, 1.807) is 0 Å². The van der Waals surface area contributed by atoms with Gasteiger partial charge in [0.05, 0.1) is 17.7 Å². The Labute approximate surface area is 118 Å². The molecule has 9 heteroatoms. The number of anilines is 1.